The van der Waals surface area contributed by atoms with Gasteiger partial charge in [-0.05, 0) is 12.8 Å². The van der Waals surface area contributed by atoms with Crippen LogP contribution in [0.25, 0.3) is 0 Å². The summed E-state index contributed by atoms with van der Waals surface area (Å²) in [6, 6.07) is -0.559. The van der Waals surface area contributed by atoms with Crippen LogP contribution >= 0.6 is 0 Å². The van der Waals surface area contributed by atoms with Crippen molar-refractivity contribution in [2.24, 2.45) is 0 Å². The number of anilines is 2. The molecular weight excluding hydrogens is 299 g/mol. The van der Waals surface area contributed by atoms with Crippen LogP contribution in [0.4, 0.5) is 24.9 Å². The van der Waals surface area contributed by atoms with Crippen LogP contribution < -0.4 is 16.4 Å². The Bertz CT molecular complexity index is 549. The lowest BCUT2D eigenvalue weighted by atomic mass is 9.90. The van der Waals surface area contributed by atoms with Crippen LogP contribution in [0.3, 0.4) is 0 Å². The zero-order chi connectivity index (χ0) is 16.3. The van der Waals surface area contributed by atoms with E-state index in [-0.39, 0.29) is 29.8 Å². The van der Waals surface area contributed by atoms with E-state index in [0.717, 1.165) is 12.8 Å². The van der Waals surface area contributed by atoms with Crippen molar-refractivity contribution in [3.05, 3.63) is 11.8 Å². The third kappa shape index (κ3) is 3.99. The summed E-state index contributed by atoms with van der Waals surface area (Å²) >= 11 is 0. The first-order valence-corrected chi connectivity index (χ1v) is 7.00. The van der Waals surface area contributed by atoms with Gasteiger partial charge in [0.15, 0.2) is 0 Å². The number of rotatable bonds is 3. The zero-order valence-electron chi connectivity index (χ0n) is 12.1. The Labute approximate surface area is 125 Å². The topological polar surface area (TPSA) is 92.9 Å². The monoisotopic (exact) mass is 317 g/mol. The van der Waals surface area contributed by atoms with Gasteiger partial charge in [-0.1, -0.05) is 12.8 Å². The highest BCUT2D eigenvalue weighted by Gasteiger charge is 2.36. The Hall–Kier alpha value is -2.06. The van der Waals surface area contributed by atoms with Crippen LogP contribution in [-0.2, 0) is 11.0 Å². The highest BCUT2D eigenvalue weighted by Crippen LogP contribution is 2.34. The number of alkyl halides is 3. The second kappa shape index (κ2) is 6.37. The molecule has 1 aliphatic carbocycles. The van der Waals surface area contributed by atoms with Crippen molar-refractivity contribution in [2.45, 2.75) is 50.9 Å². The number of nitrogen functional groups attached to an aromatic ring is 1. The lowest BCUT2D eigenvalue weighted by Crippen LogP contribution is -2.48. The largest absolute Gasteiger partial charge is 0.421 e. The molecule has 1 aromatic rings. The Kier molecular flexibility index (Phi) is 4.72. The molecule has 9 heteroatoms. The molecular formula is C13H18F3N5O. The van der Waals surface area contributed by atoms with Crippen LogP contribution in [0.2, 0.25) is 0 Å². The van der Waals surface area contributed by atoms with Crippen molar-refractivity contribution < 1.29 is 18.0 Å². The molecule has 1 saturated carbocycles. The molecule has 0 unspecified atom stereocenters. The molecule has 0 saturated heterocycles. The Balaban J connectivity index is 2.24. The van der Waals surface area contributed by atoms with Crippen LogP contribution in [0.5, 0.6) is 0 Å². The molecule has 22 heavy (non-hydrogen) atoms. The third-order valence-electron chi connectivity index (χ3n) is 3.59. The molecule has 122 valence electrons. The first-order valence-electron chi connectivity index (χ1n) is 7.00. The molecule has 4 N–H and O–H groups in total. The Morgan fingerprint density at radius 2 is 1.95 bits per heavy atom. The van der Waals surface area contributed by atoms with Crippen molar-refractivity contribution in [1.82, 2.24) is 15.3 Å². The average Bonchev–Trinajstić information content (AvgIpc) is 2.39. The predicted molar refractivity (Wildman–Crippen MR) is 74.9 cm³/mol. The molecule has 0 bridgehead atoms. The number of carbonyl (C=O) groups is 1. The van der Waals surface area contributed by atoms with Gasteiger partial charge in [0.1, 0.15) is 11.4 Å². The summed E-state index contributed by atoms with van der Waals surface area (Å²) in [5, 5.41) is 5.55. The van der Waals surface area contributed by atoms with Gasteiger partial charge in [0.25, 0.3) is 0 Å². The minimum Gasteiger partial charge on any atom is -0.368 e. The first-order chi connectivity index (χ1) is 10.3. The smallest absolute Gasteiger partial charge is 0.368 e. The molecule has 2 rings (SSSR count). The second-order valence-corrected chi connectivity index (χ2v) is 5.33. The van der Waals surface area contributed by atoms with Crippen molar-refractivity contribution in [3.63, 3.8) is 0 Å². The average molecular weight is 317 g/mol. The highest BCUT2D eigenvalue weighted by atomic mass is 19.4. The number of nitrogens with two attached hydrogens (primary N) is 1. The molecule has 6 nitrogen and oxygen atoms in total. The van der Waals surface area contributed by atoms with E-state index in [4.69, 9.17) is 5.73 Å². The second-order valence-electron chi connectivity index (χ2n) is 5.33. The summed E-state index contributed by atoms with van der Waals surface area (Å²) in [5.74, 6) is -0.790. The number of hydrogen-bond donors (Lipinski definition) is 3. The molecule has 1 amide bonds. The molecule has 1 fully saturated rings. The van der Waals surface area contributed by atoms with E-state index in [0.29, 0.717) is 19.0 Å². The number of carbonyl (C=O) groups excluding carboxylic acids is 1. The maximum absolute atomic E-state index is 13.0. The molecule has 0 radical (unpaired) electrons. The highest BCUT2D eigenvalue weighted by molar-refractivity contribution is 5.73. The van der Waals surface area contributed by atoms with E-state index >= 15 is 0 Å². The maximum atomic E-state index is 13.0. The summed E-state index contributed by atoms with van der Waals surface area (Å²) < 4.78 is 39.0. The normalized spacial score (nSPS) is 22.2. The molecule has 0 spiro atoms. The lowest BCUT2D eigenvalue weighted by molar-refractivity contribution is -0.137. The predicted octanol–water partition coefficient (Wildman–Crippen LogP) is 1.94. The lowest BCUT2D eigenvalue weighted by Gasteiger charge is -2.33. The molecule has 1 aromatic heterocycles. The van der Waals surface area contributed by atoms with Crippen LogP contribution in [0.1, 0.15) is 38.2 Å². The van der Waals surface area contributed by atoms with Crippen LogP contribution in [-0.4, -0.2) is 28.0 Å². The minimum absolute atomic E-state index is 0.211. The number of amides is 1. The zero-order valence-corrected chi connectivity index (χ0v) is 12.1. The SMILES string of the molecule is CC(=O)N[C@@H]1CCCC[C@H]1Nc1nc(N)ncc1C(F)(F)F. The van der Waals surface area contributed by atoms with E-state index in [9.17, 15) is 18.0 Å². The molecule has 2 atom stereocenters. The molecule has 0 aromatic carbocycles. The Morgan fingerprint density at radius 3 is 2.55 bits per heavy atom. The fraction of sp³-hybridized carbons (Fsp3) is 0.615. The fourth-order valence-electron chi connectivity index (χ4n) is 2.63. The standard InChI is InChI=1S/C13H18F3N5O/c1-7(22)19-9-4-2-3-5-10(9)20-11-8(13(14,15)16)6-18-12(17)21-11/h6,9-10H,2-5H2,1H3,(H,19,22)(H3,17,18,20,21)/t9-,10-/m1/s1. The van der Waals surface area contributed by atoms with Crippen molar-refractivity contribution in [2.75, 3.05) is 11.1 Å². The summed E-state index contributed by atoms with van der Waals surface area (Å²) in [7, 11) is 0. The summed E-state index contributed by atoms with van der Waals surface area (Å²) in [6.07, 6.45) is -0.767. The van der Waals surface area contributed by atoms with Crippen molar-refractivity contribution >= 4 is 17.7 Å². The van der Waals surface area contributed by atoms with E-state index in [2.05, 4.69) is 20.6 Å². The van der Waals surface area contributed by atoms with Gasteiger partial charge in [-0.15, -0.1) is 0 Å². The Morgan fingerprint density at radius 1 is 1.32 bits per heavy atom. The number of nitrogens with one attached hydrogen (secondary N) is 2. The summed E-state index contributed by atoms with van der Waals surface area (Å²) in [6.45, 7) is 1.38. The van der Waals surface area contributed by atoms with E-state index in [1.54, 1.807) is 0 Å². The summed E-state index contributed by atoms with van der Waals surface area (Å²) in [5.41, 5.74) is 4.43. The van der Waals surface area contributed by atoms with Crippen LogP contribution in [0.15, 0.2) is 6.20 Å². The van der Waals surface area contributed by atoms with E-state index in [1.807, 2.05) is 0 Å². The number of halogens is 3. The van der Waals surface area contributed by atoms with Gasteiger partial charge in [0.05, 0.1) is 0 Å². The van der Waals surface area contributed by atoms with Crippen molar-refractivity contribution in [1.29, 1.82) is 0 Å². The van der Waals surface area contributed by atoms with Gasteiger partial charge in [-0.25, -0.2) is 4.98 Å². The summed E-state index contributed by atoms with van der Waals surface area (Å²) in [4.78, 5) is 18.3. The van der Waals surface area contributed by atoms with Gasteiger partial charge in [-0.3, -0.25) is 4.79 Å². The van der Waals surface area contributed by atoms with Crippen LogP contribution in [0, 0.1) is 0 Å². The molecule has 1 heterocycles. The number of hydrogen-bond acceptors (Lipinski definition) is 5. The van der Waals surface area contributed by atoms with Gasteiger partial charge in [-0.2, -0.15) is 18.2 Å². The van der Waals surface area contributed by atoms with Gasteiger partial charge < -0.3 is 16.4 Å². The van der Waals surface area contributed by atoms with E-state index < -0.39 is 11.7 Å². The minimum atomic E-state index is -4.58. The first kappa shape index (κ1) is 16.3. The fourth-order valence-corrected chi connectivity index (χ4v) is 2.63. The maximum Gasteiger partial charge on any atom is 0.421 e. The van der Waals surface area contributed by atoms with Gasteiger partial charge >= 0.3 is 6.18 Å². The number of aromatic nitrogens is 2. The van der Waals surface area contributed by atoms with E-state index in [1.165, 1.54) is 6.92 Å². The van der Waals surface area contributed by atoms with Gasteiger partial charge in [0.2, 0.25) is 11.9 Å². The molecule has 0 aliphatic heterocycles. The third-order valence-corrected chi connectivity index (χ3v) is 3.59. The molecule has 1 aliphatic rings. The van der Waals surface area contributed by atoms with Crippen molar-refractivity contribution in [3.8, 4) is 0 Å². The quantitative estimate of drug-likeness (QED) is 0.792. The van der Waals surface area contributed by atoms with Gasteiger partial charge in [0, 0.05) is 25.2 Å². The number of nitrogens with zero attached hydrogens (tertiary/aromatic N) is 2.